The molecule has 0 amide bonds. The first kappa shape index (κ1) is 21.9. The molecule has 1 N–H and O–H groups in total. The second kappa shape index (κ2) is 12.4. The maximum atomic E-state index is 8.84. The van der Waals surface area contributed by atoms with Crippen LogP contribution in [0.2, 0.25) is 0 Å². The second-order valence-corrected chi connectivity index (χ2v) is 7.57. The van der Waals surface area contributed by atoms with E-state index in [1.807, 2.05) is 6.08 Å². The van der Waals surface area contributed by atoms with Gasteiger partial charge in [-0.2, -0.15) is 0 Å². The van der Waals surface area contributed by atoms with Gasteiger partial charge in [-0.3, -0.25) is 0 Å². The first-order valence-electron chi connectivity index (χ1n) is 9.00. The first-order valence-corrected chi connectivity index (χ1v) is 9.00. The molecule has 0 radical (unpaired) electrons. The Hall–Kier alpha value is -1.08. The monoisotopic (exact) mass is 318 g/mol. The summed E-state index contributed by atoms with van der Waals surface area (Å²) in [6, 6.07) is 0. The van der Waals surface area contributed by atoms with E-state index in [2.05, 4.69) is 65.8 Å². The molecule has 0 aromatic rings. The van der Waals surface area contributed by atoms with Gasteiger partial charge in [0.15, 0.2) is 0 Å². The van der Waals surface area contributed by atoms with Crippen molar-refractivity contribution >= 4 is 0 Å². The van der Waals surface area contributed by atoms with Crippen molar-refractivity contribution in [2.24, 2.45) is 5.41 Å². The maximum absolute atomic E-state index is 8.84. The standard InChI is InChI=1S/C22H38O/c1-19(2)11-9-13-20(3)14-10-17-22(5,6)16-8-7-12-21(4)15-18-23/h8,11,14-16,23H,7,9-10,12-13,17-18H2,1-6H3/b16-8+,20-14+,21-15-. The van der Waals surface area contributed by atoms with Crippen LogP contribution in [0.25, 0.3) is 0 Å². The molecule has 0 atom stereocenters. The van der Waals surface area contributed by atoms with Crippen LogP contribution in [0.1, 0.15) is 80.1 Å². The minimum absolute atomic E-state index is 0.153. The number of rotatable bonds is 11. The highest BCUT2D eigenvalue weighted by Crippen LogP contribution is 2.25. The smallest absolute Gasteiger partial charge is 0.0614 e. The highest BCUT2D eigenvalue weighted by molar-refractivity contribution is 5.04. The molecular formula is C22H38O. The molecule has 0 bridgehead atoms. The van der Waals surface area contributed by atoms with Crippen molar-refractivity contribution in [3.05, 3.63) is 47.1 Å². The van der Waals surface area contributed by atoms with Crippen molar-refractivity contribution in [3.63, 3.8) is 0 Å². The molecule has 0 aromatic carbocycles. The zero-order valence-electron chi connectivity index (χ0n) is 16.3. The van der Waals surface area contributed by atoms with Gasteiger partial charge in [0.1, 0.15) is 0 Å². The molecule has 0 aliphatic heterocycles. The van der Waals surface area contributed by atoms with Gasteiger partial charge in [-0.1, -0.05) is 60.9 Å². The summed E-state index contributed by atoms with van der Waals surface area (Å²) < 4.78 is 0. The average molecular weight is 319 g/mol. The molecular weight excluding hydrogens is 280 g/mol. The number of hydrogen-bond acceptors (Lipinski definition) is 1. The Labute approximate surface area is 144 Å². The molecule has 1 nitrogen and oxygen atoms in total. The molecule has 0 saturated heterocycles. The van der Waals surface area contributed by atoms with Crippen LogP contribution in [0.5, 0.6) is 0 Å². The van der Waals surface area contributed by atoms with Crippen molar-refractivity contribution in [1.82, 2.24) is 0 Å². The third-order valence-electron chi connectivity index (χ3n) is 4.09. The zero-order valence-corrected chi connectivity index (χ0v) is 16.3. The van der Waals surface area contributed by atoms with E-state index < -0.39 is 0 Å². The van der Waals surface area contributed by atoms with Crippen molar-refractivity contribution in [1.29, 1.82) is 0 Å². The van der Waals surface area contributed by atoms with Gasteiger partial charge < -0.3 is 5.11 Å². The maximum Gasteiger partial charge on any atom is 0.0614 e. The highest BCUT2D eigenvalue weighted by Gasteiger charge is 2.12. The predicted octanol–water partition coefficient (Wildman–Crippen LogP) is 6.76. The Balaban J connectivity index is 4.11. The topological polar surface area (TPSA) is 20.2 Å². The van der Waals surface area contributed by atoms with Crippen molar-refractivity contribution in [3.8, 4) is 0 Å². The minimum atomic E-state index is 0.153. The molecule has 0 unspecified atom stereocenters. The van der Waals surface area contributed by atoms with E-state index in [4.69, 9.17) is 5.11 Å². The summed E-state index contributed by atoms with van der Waals surface area (Å²) >= 11 is 0. The van der Waals surface area contributed by atoms with E-state index >= 15 is 0 Å². The van der Waals surface area contributed by atoms with Crippen LogP contribution in [0.4, 0.5) is 0 Å². The normalized spacial score (nSPS) is 13.7. The predicted molar refractivity (Wildman–Crippen MR) is 105 cm³/mol. The number of aliphatic hydroxyl groups excluding tert-OH is 1. The van der Waals surface area contributed by atoms with Crippen LogP contribution in [0, 0.1) is 5.41 Å². The van der Waals surface area contributed by atoms with Gasteiger partial charge in [-0.25, -0.2) is 0 Å². The van der Waals surface area contributed by atoms with Crippen LogP contribution in [-0.4, -0.2) is 11.7 Å². The lowest BCUT2D eigenvalue weighted by Gasteiger charge is -2.19. The lowest BCUT2D eigenvalue weighted by molar-refractivity contribution is 0.341. The van der Waals surface area contributed by atoms with Crippen LogP contribution in [-0.2, 0) is 0 Å². The van der Waals surface area contributed by atoms with E-state index in [1.165, 1.54) is 29.6 Å². The molecule has 0 rings (SSSR count). The minimum Gasteiger partial charge on any atom is -0.392 e. The lowest BCUT2D eigenvalue weighted by Crippen LogP contribution is -2.06. The number of allylic oxidation sites excluding steroid dienone is 7. The fourth-order valence-corrected chi connectivity index (χ4v) is 2.44. The van der Waals surface area contributed by atoms with E-state index in [1.54, 1.807) is 0 Å². The fraction of sp³-hybridized carbons (Fsp3) is 0.636. The molecule has 0 spiro atoms. The molecule has 0 saturated carbocycles. The SMILES string of the molecule is CC(C)=CCC/C(C)=C/CCC(C)(C)/C=C/CC/C(C)=C\CO. The van der Waals surface area contributed by atoms with E-state index in [0.717, 1.165) is 25.7 Å². The van der Waals surface area contributed by atoms with Crippen molar-refractivity contribution in [2.45, 2.75) is 80.1 Å². The van der Waals surface area contributed by atoms with Crippen LogP contribution in [0.3, 0.4) is 0 Å². The van der Waals surface area contributed by atoms with Crippen LogP contribution >= 0.6 is 0 Å². The first-order chi connectivity index (χ1) is 10.8. The van der Waals surface area contributed by atoms with E-state index in [0.29, 0.717) is 0 Å². The van der Waals surface area contributed by atoms with Crippen molar-refractivity contribution in [2.75, 3.05) is 6.61 Å². The summed E-state index contributed by atoms with van der Waals surface area (Å²) in [7, 11) is 0. The molecule has 23 heavy (non-hydrogen) atoms. The average Bonchev–Trinajstić information content (AvgIpc) is 2.43. The number of hydrogen-bond donors (Lipinski definition) is 1. The van der Waals surface area contributed by atoms with Gasteiger partial charge in [0, 0.05) is 0 Å². The van der Waals surface area contributed by atoms with Gasteiger partial charge in [0.05, 0.1) is 6.61 Å². The fourth-order valence-electron chi connectivity index (χ4n) is 2.44. The molecule has 0 aliphatic rings. The largest absolute Gasteiger partial charge is 0.392 e. The highest BCUT2D eigenvalue weighted by atomic mass is 16.2. The summed E-state index contributed by atoms with van der Waals surface area (Å²) in [5.74, 6) is 0. The van der Waals surface area contributed by atoms with Crippen LogP contribution in [0.15, 0.2) is 47.1 Å². The second-order valence-electron chi connectivity index (χ2n) is 7.57. The Morgan fingerprint density at radius 3 is 2.04 bits per heavy atom. The van der Waals surface area contributed by atoms with Gasteiger partial charge in [-0.15, -0.1) is 0 Å². The third-order valence-corrected chi connectivity index (χ3v) is 4.09. The summed E-state index contributed by atoms with van der Waals surface area (Å²) in [4.78, 5) is 0. The van der Waals surface area contributed by atoms with Gasteiger partial charge in [0.2, 0.25) is 0 Å². The summed E-state index contributed by atoms with van der Waals surface area (Å²) in [5.41, 5.74) is 4.44. The van der Waals surface area contributed by atoms with E-state index in [-0.39, 0.29) is 12.0 Å². The van der Waals surface area contributed by atoms with Crippen molar-refractivity contribution < 1.29 is 5.11 Å². The van der Waals surface area contributed by atoms with Crippen LogP contribution < -0.4 is 0 Å². The Morgan fingerprint density at radius 2 is 1.43 bits per heavy atom. The molecule has 132 valence electrons. The molecule has 0 fully saturated rings. The summed E-state index contributed by atoms with van der Waals surface area (Å²) in [6.07, 6.45) is 18.0. The Kier molecular flexibility index (Phi) is 11.8. The van der Waals surface area contributed by atoms with Gasteiger partial charge in [0.25, 0.3) is 0 Å². The quantitative estimate of drug-likeness (QED) is 0.417. The summed E-state index contributed by atoms with van der Waals surface area (Å²) in [6.45, 7) is 13.4. The number of aliphatic hydroxyl groups is 1. The van der Waals surface area contributed by atoms with E-state index in [9.17, 15) is 0 Å². The Bertz CT molecular complexity index is 429. The Morgan fingerprint density at radius 1 is 0.826 bits per heavy atom. The molecule has 0 heterocycles. The molecule has 1 heteroatoms. The third kappa shape index (κ3) is 14.3. The molecule has 0 aromatic heterocycles. The zero-order chi connectivity index (χ0) is 17.7. The summed E-state index contributed by atoms with van der Waals surface area (Å²) in [5, 5.41) is 8.84. The van der Waals surface area contributed by atoms with Gasteiger partial charge in [-0.05, 0) is 71.6 Å². The van der Waals surface area contributed by atoms with Gasteiger partial charge >= 0.3 is 0 Å². The lowest BCUT2D eigenvalue weighted by atomic mass is 9.86. The molecule has 0 aliphatic carbocycles.